The van der Waals surface area contributed by atoms with Crippen molar-refractivity contribution in [1.29, 1.82) is 0 Å². The van der Waals surface area contributed by atoms with E-state index in [4.69, 9.17) is 4.52 Å². The van der Waals surface area contributed by atoms with Crippen LogP contribution in [0.3, 0.4) is 0 Å². The van der Waals surface area contributed by atoms with E-state index >= 15 is 0 Å². The summed E-state index contributed by atoms with van der Waals surface area (Å²) in [4.78, 5) is 6.39. The number of hydrogen-bond donors (Lipinski definition) is 2. The fraction of sp³-hybridized carbons (Fsp3) is 0.412. The molecule has 2 heterocycles. The van der Waals surface area contributed by atoms with Crippen LogP contribution in [-0.2, 0) is 6.54 Å². The van der Waals surface area contributed by atoms with E-state index in [1.165, 1.54) is 18.4 Å². The summed E-state index contributed by atoms with van der Waals surface area (Å²) in [7, 11) is 0. The van der Waals surface area contributed by atoms with E-state index in [1.807, 2.05) is 11.8 Å². The van der Waals surface area contributed by atoms with Crippen molar-refractivity contribution >= 4 is 35.6 Å². The molecule has 2 N–H and O–H groups in total. The molecular formula is C17H22F2IN5O. The summed E-state index contributed by atoms with van der Waals surface area (Å²) in [5.41, 5.74) is 1.17. The lowest BCUT2D eigenvalue weighted by Crippen LogP contribution is -2.44. The summed E-state index contributed by atoms with van der Waals surface area (Å²) in [6.45, 7) is 4.45. The molecule has 0 amide bonds. The zero-order valence-electron chi connectivity index (χ0n) is 14.4. The van der Waals surface area contributed by atoms with Gasteiger partial charge in [-0.05, 0) is 25.5 Å². The van der Waals surface area contributed by atoms with Crippen molar-refractivity contribution in [2.24, 2.45) is 4.99 Å². The van der Waals surface area contributed by atoms with E-state index in [0.29, 0.717) is 31.3 Å². The van der Waals surface area contributed by atoms with Crippen LogP contribution in [0.25, 0.3) is 0 Å². The van der Waals surface area contributed by atoms with Gasteiger partial charge in [0, 0.05) is 37.8 Å². The first-order chi connectivity index (χ1) is 12.2. The van der Waals surface area contributed by atoms with Crippen LogP contribution in [0.5, 0.6) is 0 Å². The fourth-order valence-corrected chi connectivity index (χ4v) is 2.83. The minimum absolute atomic E-state index is 0. The SMILES string of the molecule is CCNC(=NCc1ccon1)NC1CCN(c2ccc(F)cc2F)C1.I. The van der Waals surface area contributed by atoms with Gasteiger partial charge in [-0.25, -0.2) is 13.8 Å². The Balaban J connectivity index is 0.00000243. The number of anilines is 1. The lowest BCUT2D eigenvalue weighted by molar-refractivity contribution is 0.412. The third kappa shape index (κ3) is 5.29. The van der Waals surface area contributed by atoms with E-state index in [2.05, 4.69) is 20.8 Å². The monoisotopic (exact) mass is 477 g/mol. The molecule has 0 radical (unpaired) electrons. The highest BCUT2D eigenvalue weighted by atomic mass is 127. The predicted octanol–water partition coefficient (Wildman–Crippen LogP) is 2.90. The second kappa shape index (κ2) is 9.70. The van der Waals surface area contributed by atoms with Crippen molar-refractivity contribution in [2.75, 3.05) is 24.5 Å². The Kier molecular flexibility index (Phi) is 7.61. The summed E-state index contributed by atoms with van der Waals surface area (Å²) >= 11 is 0. The molecule has 2 aromatic rings. The Morgan fingerprint density at radius 1 is 1.38 bits per heavy atom. The molecule has 0 spiro atoms. The molecule has 1 aromatic heterocycles. The molecule has 26 heavy (non-hydrogen) atoms. The van der Waals surface area contributed by atoms with Crippen LogP contribution in [0, 0.1) is 11.6 Å². The standard InChI is InChI=1S/C17H21F2N5O.HI/c1-2-20-17(21-10-13-6-8-25-23-13)22-14-5-7-24(11-14)16-4-3-12(18)9-15(16)19;/h3-4,6,8-9,14H,2,5,7,10-11H2,1H3,(H2,20,21,22);1H. The Hall–Kier alpha value is -1.91. The van der Waals surface area contributed by atoms with Crippen LogP contribution in [0.4, 0.5) is 14.5 Å². The Morgan fingerprint density at radius 2 is 2.23 bits per heavy atom. The summed E-state index contributed by atoms with van der Waals surface area (Å²) in [5.74, 6) is -0.422. The van der Waals surface area contributed by atoms with Crippen molar-refractivity contribution in [3.05, 3.63) is 47.9 Å². The molecule has 0 aliphatic carbocycles. The highest BCUT2D eigenvalue weighted by molar-refractivity contribution is 14.0. The third-order valence-corrected chi connectivity index (χ3v) is 4.01. The van der Waals surface area contributed by atoms with E-state index in [0.717, 1.165) is 24.7 Å². The predicted molar refractivity (Wildman–Crippen MR) is 107 cm³/mol. The minimum atomic E-state index is -0.565. The van der Waals surface area contributed by atoms with Crippen LogP contribution in [0.15, 0.2) is 40.0 Å². The van der Waals surface area contributed by atoms with Gasteiger partial charge in [0.15, 0.2) is 5.96 Å². The first-order valence-electron chi connectivity index (χ1n) is 8.30. The lowest BCUT2D eigenvalue weighted by atomic mass is 10.2. The smallest absolute Gasteiger partial charge is 0.191 e. The Labute approximate surface area is 168 Å². The maximum Gasteiger partial charge on any atom is 0.191 e. The lowest BCUT2D eigenvalue weighted by Gasteiger charge is -2.20. The molecular weight excluding hydrogens is 455 g/mol. The highest BCUT2D eigenvalue weighted by Crippen LogP contribution is 2.24. The quantitative estimate of drug-likeness (QED) is 0.394. The first-order valence-corrected chi connectivity index (χ1v) is 8.30. The number of nitrogens with one attached hydrogen (secondary N) is 2. The molecule has 1 fully saturated rings. The van der Waals surface area contributed by atoms with Crippen LogP contribution < -0.4 is 15.5 Å². The number of benzene rings is 1. The van der Waals surface area contributed by atoms with Gasteiger partial charge >= 0.3 is 0 Å². The highest BCUT2D eigenvalue weighted by Gasteiger charge is 2.25. The molecule has 1 unspecified atom stereocenters. The van der Waals surface area contributed by atoms with Crippen LogP contribution in [0.2, 0.25) is 0 Å². The van der Waals surface area contributed by atoms with E-state index in [9.17, 15) is 8.78 Å². The molecule has 1 aromatic carbocycles. The normalized spacial score (nSPS) is 17.1. The summed E-state index contributed by atoms with van der Waals surface area (Å²) in [5, 5.41) is 10.4. The number of halogens is 3. The molecule has 1 aliphatic rings. The molecule has 1 saturated heterocycles. The number of aliphatic imine (C=N–C) groups is 1. The number of nitrogens with zero attached hydrogens (tertiary/aromatic N) is 3. The molecule has 142 valence electrons. The van der Waals surface area contributed by atoms with Crippen LogP contribution >= 0.6 is 24.0 Å². The average Bonchev–Trinajstić information content (AvgIpc) is 3.24. The Morgan fingerprint density at radius 3 is 2.92 bits per heavy atom. The summed E-state index contributed by atoms with van der Waals surface area (Å²) < 4.78 is 31.8. The van der Waals surface area contributed by atoms with Crippen molar-refractivity contribution in [1.82, 2.24) is 15.8 Å². The van der Waals surface area contributed by atoms with Gasteiger partial charge < -0.3 is 20.1 Å². The van der Waals surface area contributed by atoms with Crippen molar-refractivity contribution in [2.45, 2.75) is 25.9 Å². The van der Waals surface area contributed by atoms with Crippen molar-refractivity contribution < 1.29 is 13.3 Å². The molecule has 1 atom stereocenters. The maximum absolute atomic E-state index is 13.9. The van der Waals surface area contributed by atoms with Crippen molar-refractivity contribution in [3.63, 3.8) is 0 Å². The molecule has 9 heteroatoms. The minimum Gasteiger partial charge on any atom is -0.367 e. The Bertz CT molecular complexity index is 726. The molecule has 0 saturated carbocycles. The second-order valence-electron chi connectivity index (χ2n) is 5.86. The van der Waals surface area contributed by atoms with Gasteiger partial charge in [-0.15, -0.1) is 24.0 Å². The molecule has 0 bridgehead atoms. The van der Waals surface area contributed by atoms with E-state index < -0.39 is 11.6 Å². The molecule has 3 rings (SSSR count). The molecule has 1 aliphatic heterocycles. The number of hydrogen-bond acceptors (Lipinski definition) is 4. The van der Waals surface area contributed by atoms with Gasteiger partial charge in [0.2, 0.25) is 0 Å². The number of guanidine groups is 1. The van der Waals surface area contributed by atoms with Gasteiger partial charge in [0.1, 0.15) is 23.6 Å². The third-order valence-electron chi connectivity index (χ3n) is 4.01. The van der Waals surface area contributed by atoms with Crippen LogP contribution in [0.1, 0.15) is 19.0 Å². The zero-order chi connectivity index (χ0) is 17.6. The maximum atomic E-state index is 13.9. The van der Waals surface area contributed by atoms with Crippen molar-refractivity contribution in [3.8, 4) is 0 Å². The first kappa shape index (κ1) is 20.4. The van der Waals surface area contributed by atoms with Gasteiger partial charge in [0.05, 0.1) is 12.2 Å². The van der Waals surface area contributed by atoms with Crippen LogP contribution in [-0.4, -0.2) is 36.8 Å². The molecule has 6 nitrogen and oxygen atoms in total. The largest absolute Gasteiger partial charge is 0.367 e. The van der Waals surface area contributed by atoms with Gasteiger partial charge in [-0.1, -0.05) is 5.16 Å². The second-order valence-corrected chi connectivity index (χ2v) is 5.86. The van der Waals surface area contributed by atoms with E-state index in [1.54, 1.807) is 6.07 Å². The summed E-state index contributed by atoms with van der Waals surface area (Å²) in [6.07, 6.45) is 2.35. The topological polar surface area (TPSA) is 65.7 Å². The fourth-order valence-electron chi connectivity index (χ4n) is 2.83. The van der Waals surface area contributed by atoms with E-state index in [-0.39, 0.29) is 30.0 Å². The number of aromatic nitrogens is 1. The summed E-state index contributed by atoms with van der Waals surface area (Å²) in [6, 6.07) is 5.57. The zero-order valence-corrected chi connectivity index (χ0v) is 16.7. The van der Waals surface area contributed by atoms with Gasteiger partial charge in [-0.3, -0.25) is 0 Å². The van der Waals surface area contributed by atoms with Gasteiger partial charge in [-0.2, -0.15) is 0 Å². The van der Waals surface area contributed by atoms with Gasteiger partial charge in [0.25, 0.3) is 0 Å². The number of rotatable bonds is 5. The average molecular weight is 477 g/mol.